The molecule has 2 aromatic rings. The predicted molar refractivity (Wildman–Crippen MR) is 79.2 cm³/mol. The highest BCUT2D eigenvalue weighted by Crippen LogP contribution is 2.25. The van der Waals surface area contributed by atoms with Gasteiger partial charge in [0, 0.05) is 18.6 Å². The van der Waals surface area contributed by atoms with Gasteiger partial charge in [-0.2, -0.15) is 15.6 Å². The van der Waals surface area contributed by atoms with Gasteiger partial charge in [0.2, 0.25) is 10.0 Å². The van der Waals surface area contributed by atoms with Gasteiger partial charge in [0.1, 0.15) is 0 Å². The van der Waals surface area contributed by atoms with Crippen LogP contribution >= 0.6 is 22.9 Å². The van der Waals surface area contributed by atoms with Crippen LogP contribution in [0.1, 0.15) is 11.1 Å². The molecule has 0 aliphatic rings. The fourth-order valence-corrected chi connectivity index (χ4v) is 4.05. The maximum atomic E-state index is 12.5. The molecule has 102 valence electrons. The molecule has 3 nitrogen and oxygen atoms in total. The average Bonchev–Trinajstić information content (AvgIpc) is 2.85. The molecule has 0 saturated carbocycles. The van der Waals surface area contributed by atoms with Crippen molar-refractivity contribution in [3.63, 3.8) is 0 Å². The highest BCUT2D eigenvalue weighted by molar-refractivity contribution is 7.89. The summed E-state index contributed by atoms with van der Waals surface area (Å²) in [5.41, 5.74) is 1.57. The zero-order chi connectivity index (χ0) is 14.0. The molecule has 0 unspecified atom stereocenters. The summed E-state index contributed by atoms with van der Waals surface area (Å²) < 4.78 is 26.3. The molecule has 0 aliphatic heterocycles. The van der Waals surface area contributed by atoms with Gasteiger partial charge in [-0.15, -0.1) is 0 Å². The van der Waals surface area contributed by atoms with E-state index in [9.17, 15) is 8.42 Å². The zero-order valence-electron chi connectivity index (χ0n) is 10.6. The van der Waals surface area contributed by atoms with Crippen molar-refractivity contribution < 1.29 is 8.42 Å². The lowest BCUT2D eigenvalue weighted by Crippen LogP contribution is -2.27. The SMILES string of the molecule is Cc1c(Cl)cccc1S(=O)(=O)N(C)Cc1ccsc1. The van der Waals surface area contributed by atoms with Crippen LogP contribution in [0, 0.1) is 6.92 Å². The Hall–Kier alpha value is -0.880. The molecule has 6 heteroatoms. The van der Waals surface area contributed by atoms with Gasteiger partial charge in [-0.05, 0) is 47.0 Å². The first kappa shape index (κ1) is 14.5. The molecule has 0 radical (unpaired) electrons. The van der Waals surface area contributed by atoms with Crippen molar-refractivity contribution in [3.8, 4) is 0 Å². The van der Waals surface area contributed by atoms with E-state index in [1.807, 2.05) is 16.8 Å². The van der Waals surface area contributed by atoms with Gasteiger partial charge in [0.15, 0.2) is 0 Å². The molecule has 0 spiro atoms. The van der Waals surface area contributed by atoms with Crippen molar-refractivity contribution in [1.29, 1.82) is 0 Å². The van der Waals surface area contributed by atoms with Crippen LogP contribution in [0.5, 0.6) is 0 Å². The molecule has 0 atom stereocenters. The Labute approximate surface area is 122 Å². The van der Waals surface area contributed by atoms with Crippen LogP contribution in [0.25, 0.3) is 0 Å². The summed E-state index contributed by atoms with van der Waals surface area (Å²) in [4.78, 5) is 0.262. The van der Waals surface area contributed by atoms with E-state index in [1.165, 1.54) is 4.31 Å². The number of halogens is 1. The molecule has 0 fully saturated rings. The van der Waals surface area contributed by atoms with E-state index in [-0.39, 0.29) is 4.90 Å². The number of hydrogen-bond acceptors (Lipinski definition) is 3. The van der Waals surface area contributed by atoms with Gasteiger partial charge in [0.05, 0.1) is 4.90 Å². The number of nitrogens with zero attached hydrogens (tertiary/aromatic N) is 1. The molecule has 1 aromatic carbocycles. The number of sulfonamides is 1. The van der Waals surface area contributed by atoms with Crippen LogP contribution in [0.15, 0.2) is 39.9 Å². The first-order valence-electron chi connectivity index (χ1n) is 5.65. The highest BCUT2D eigenvalue weighted by atomic mass is 35.5. The van der Waals surface area contributed by atoms with Crippen molar-refractivity contribution in [3.05, 3.63) is 51.2 Å². The van der Waals surface area contributed by atoms with Crippen LogP contribution in [0.2, 0.25) is 5.02 Å². The molecular formula is C13H14ClNO2S2. The molecular weight excluding hydrogens is 302 g/mol. The third-order valence-corrected chi connectivity index (χ3v) is 5.98. The largest absolute Gasteiger partial charge is 0.243 e. The van der Waals surface area contributed by atoms with Crippen molar-refractivity contribution in [2.75, 3.05) is 7.05 Å². The summed E-state index contributed by atoms with van der Waals surface area (Å²) >= 11 is 7.54. The minimum Gasteiger partial charge on any atom is -0.207 e. The lowest BCUT2D eigenvalue weighted by atomic mass is 10.2. The van der Waals surface area contributed by atoms with Crippen LogP contribution in [0.3, 0.4) is 0 Å². The molecule has 0 saturated heterocycles. The molecule has 0 aliphatic carbocycles. The smallest absolute Gasteiger partial charge is 0.207 e. The maximum Gasteiger partial charge on any atom is 0.243 e. The topological polar surface area (TPSA) is 37.4 Å². The van der Waals surface area contributed by atoms with E-state index in [4.69, 9.17) is 11.6 Å². The number of rotatable bonds is 4. The van der Waals surface area contributed by atoms with E-state index in [0.717, 1.165) is 5.56 Å². The molecule has 2 rings (SSSR count). The Bertz CT molecular complexity index is 666. The fraction of sp³-hybridized carbons (Fsp3) is 0.231. The van der Waals surface area contributed by atoms with Crippen molar-refractivity contribution in [2.45, 2.75) is 18.4 Å². The Morgan fingerprint density at radius 1 is 1.32 bits per heavy atom. The number of hydrogen-bond donors (Lipinski definition) is 0. The zero-order valence-corrected chi connectivity index (χ0v) is 13.0. The summed E-state index contributed by atoms with van der Waals surface area (Å²) in [5.74, 6) is 0. The Morgan fingerprint density at radius 2 is 2.05 bits per heavy atom. The normalized spacial score (nSPS) is 12.0. The van der Waals surface area contributed by atoms with Crippen LogP contribution in [-0.4, -0.2) is 19.8 Å². The number of thiophene rings is 1. The lowest BCUT2D eigenvalue weighted by Gasteiger charge is -2.18. The van der Waals surface area contributed by atoms with Gasteiger partial charge < -0.3 is 0 Å². The van der Waals surface area contributed by atoms with Crippen LogP contribution in [-0.2, 0) is 16.6 Å². The summed E-state index contributed by atoms with van der Waals surface area (Å²) in [6, 6.07) is 6.84. The van der Waals surface area contributed by atoms with Crippen LogP contribution < -0.4 is 0 Å². The van der Waals surface area contributed by atoms with Gasteiger partial charge in [0.25, 0.3) is 0 Å². The third kappa shape index (κ3) is 3.00. The highest BCUT2D eigenvalue weighted by Gasteiger charge is 2.23. The standard InChI is InChI=1S/C13H14ClNO2S2/c1-10-12(14)4-3-5-13(10)19(16,17)15(2)8-11-6-7-18-9-11/h3-7,9H,8H2,1-2H3. The van der Waals surface area contributed by atoms with Gasteiger partial charge in [-0.1, -0.05) is 17.7 Å². The Balaban J connectivity index is 2.34. The fourth-order valence-electron chi connectivity index (χ4n) is 1.76. The van der Waals surface area contributed by atoms with Gasteiger partial charge in [-0.25, -0.2) is 8.42 Å². The Kier molecular flexibility index (Phi) is 4.30. The van der Waals surface area contributed by atoms with Gasteiger partial charge >= 0.3 is 0 Å². The molecule has 0 N–H and O–H groups in total. The molecule has 19 heavy (non-hydrogen) atoms. The Morgan fingerprint density at radius 3 is 2.68 bits per heavy atom. The summed E-state index contributed by atoms with van der Waals surface area (Å²) in [6.45, 7) is 2.07. The van der Waals surface area contributed by atoms with Crippen LogP contribution in [0.4, 0.5) is 0 Å². The average molecular weight is 316 g/mol. The first-order valence-corrected chi connectivity index (χ1v) is 8.41. The third-order valence-electron chi connectivity index (χ3n) is 2.89. The second-order valence-corrected chi connectivity index (χ2v) is 7.46. The van der Waals surface area contributed by atoms with Crippen molar-refractivity contribution >= 4 is 33.0 Å². The maximum absolute atomic E-state index is 12.5. The molecule has 0 amide bonds. The van der Waals surface area contributed by atoms with E-state index in [1.54, 1.807) is 43.5 Å². The van der Waals surface area contributed by atoms with E-state index in [0.29, 0.717) is 17.1 Å². The van der Waals surface area contributed by atoms with E-state index >= 15 is 0 Å². The minimum atomic E-state index is -3.51. The van der Waals surface area contributed by atoms with Gasteiger partial charge in [-0.3, -0.25) is 0 Å². The summed E-state index contributed by atoms with van der Waals surface area (Å²) in [5, 5.41) is 4.34. The summed E-state index contributed by atoms with van der Waals surface area (Å²) in [7, 11) is -1.94. The molecule has 1 aromatic heterocycles. The van der Waals surface area contributed by atoms with Crippen molar-refractivity contribution in [2.24, 2.45) is 0 Å². The van der Waals surface area contributed by atoms with E-state index < -0.39 is 10.0 Å². The lowest BCUT2D eigenvalue weighted by molar-refractivity contribution is 0.467. The summed E-state index contributed by atoms with van der Waals surface area (Å²) in [6.07, 6.45) is 0. The monoisotopic (exact) mass is 315 g/mol. The first-order chi connectivity index (χ1) is 8.93. The second-order valence-electron chi connectivity index (χ2n) is 4.26. The minimum absolute atomic E-state index is 0.262. The number of benzene rings is 1. The molecule has 0 bridgehead atoms. The predicted octanol–water partition coefficient (Wildman–Crippen LogP) is 3.53. The van der Waals surface area contributed by atoms with E-state index in [2.05, 4.69) is 0 Å². The quantitative estimate of drug-likeness (QED) is 0.865. The van der Waals surface area contributed by atoms with Crippen molar-refractivity contribution in [1.82, 2.24) is 4.31 Å². The molecule has 1 heterocycles. The second kappa shape index (κ2) is 5.63.